The van der Waals surface area contributed by atoms with Crippen LogP contribution < -0.4 is 0 Å². The molecule has 0 radical (unpaired) electrons. The second kappa shape index (κ2) is 7.40. The van der Waals surface area contributed by atoms with Crippen LogP contribution in [0.1, 0.15) is 37.6 Å². The van der Waals surface area contributed by atoms with Gasteiger partial charge in [-0.1, -0.05) is 6.07 Å². The zero-order valence-electron chi connectivity index (χ0n) is 15.6. The minimum absolute atomic E-state index is 0.0394. The van der Waals surface area contributed by atoms with E-state index in [0.29, 0.717) is 12.3 Å². The number of esters is 1. The van der Waals surface area contributed by atoms with Crippen LogP contribution in [0.5, 0.6) is 0 Å². The molecule has 4 rings (SSSR count). The van der Waals surface area contributed by atoms with Gasteiger partial charge in [0.2, 0.25) is 11.8 Å². The Morgan fingerprint density at radius 3 is 2.79 bits per heavy atom. The van der Waals surface area contributed by atoms with E-state index >= 15 is 0 Å². The van der Waals surface area contributed by atoms with E-state index in [9.17, 15) is 4.79 Å². The molecule has 0 aliphatic heterocycles. The molecule has 1 aromatic carbocycles. The lowest BCUT2D eigenvalue weighted by molar-refractivity contribution is -0.154. The topological polar surface area (TPSA) is 91.0 Å². The van der Waals surface area contributed by atoms with Crippen LogP contribution in [0.4, 0.5) is 0 Å². The zero-order chi connectivity index (χ0) is 19.7. The molecule has 7 nitrogen and oxygen atoms in total. The molecule has 0 saturated heterocycles. The number of fused-ring (bicyclic) bond motifs is 1. The lowest BCUT2D eigenvalue weighted by Crippen LogP contribution is -2.24. The first-order chi connectivity index (χ1) is 13.4. The van der Waals surface area contributed by atoms with Gasteiger partial charge in [0.05, 0.1) is 27.0 Å². The molecule has 28 heavy (non-hydrogen) atoms. The highest BCUT2D eigenvalue weighted by Crippen LogP contribution is 2.30. The average Bonchev–Trinajstić information content (AvgIpc) is 3.32. The fraction of sp³-hybridized carbons (Fsp3) is 0.316. The highest BCUT2D eigenvalue weighted by atomic mass is 32.1. The number of rotatable bonds is 5. The van der Waals surface area contributed by atoms with Gasteiger partial charge in [0.15, 0.2) is 0 Å². The van der Waals surface area contributed by atoms with Gasteiger partial charge in [-0.3, -0.25) is 9.78 Å². The maximum Gasteiger partial charge on any atom is 0.315 e. The summed E-state index contributed by atoms with van der Waals surface area (Å²) in [6.07, 6.45) is 2.25. The van der Waals surface area contributed by atoms with Crippen molar-refractivity contribution in [2.75, 3.05) is 0 Å². The van der Waals surface area contributed by atoms with Crippen LogP contribution in [0.3, 0.4) is 0 Å². The fourth-order valence-electron chi connectivity index (χ4n) is 2.62. The molecule has 0 atom stereocenters. The van der Waals surface area contributed by atoms with Crippen LogP contribution in [0.15, 0.2) is 34.3 Å². The normalized spacial score (nSPS) is 11.8. The van der Waals surface area contributed by atoms with Crippen LogP contribution in [0.25, 0.3) is 20.7 Å². The Kier molecular flexibility index (Phi) is 4.94. The highest BCUT2D eigenvalue weighted by molar-refractivity contribution is 7.18. The summed E-state index contributed by atoms with van der Waals surface area (Å²) in [6.45, 7) is 5.45. The molecule has 0 aliphatic carbocycles. The fourth-order valence-corrected chi connectivity index (χ4v) is 4.24. The van der Waals surface area contributed by atoms with Crippen molar-refractivity contribution in [1.82, 2.24) is 20.2 Å². The van der Waals surface area contributed by atoms with Gasteiger partial charge >= 0.3 is 5.97 Å². The summed E-state index contributed by atoms with van der Waals surface area (Å²) >= 11 is 3.20. The van der Waals surface area contributed by atoms with Crippen molar-refractivity contribution >= 4 is 38.9 Å². The van der Waals surface area contributed by atoms with Gasteiger partial charge in [-0.2, -0.15) is 0 Å². The lowest BCUT2D eigenvalue weighted by atomic mass is 10.2. The summed E-state index contributed by atoms with van der Waals surface area (Å²) < 4.78 is 12.0. The van der Waals surface area contributed by atoms with E-state index in [2.05, 4.69) is 26.2 Å². The molecule has 4 aromatic rings. The van der Waals surface area contributed by atoms with Crippen molar-refractivity contribution in [3.8, 4) is 10.4 Å². The number of hydrogen-bond donors (Lipinski definition) is 0. The second-order valence-corrected chi connectivity index (χ2v) is 9.19. The first-order valence-corrected chi connectivity index (χ1v) is 10.4. The van der Waals surface area contributed by atoms with Crippen molar-refractivity contribution in [2.45, 2.75) is 39.2 Å². The molecule has 0 fully saturated rings. The SMILES string of the molecule is CC(C)(C)OC(=O)Cc1nnc(Cc2nc3ccc(-c4cncs4)cc3s2)o1. The van der Waals surface area contributed by atoms with Crippen LogP contribution in [-0.4, -0.2) is 31.7 Å². The van der Waals surface area contributed by atoms with Crippen LogP contribution in [0.2, 0.25) is 0 Å². The molecule has 0 bridgehead atoms. The van der Waals surface area contributed by atoms with E-state index in [0.717, 1.165) is 25.7 Å². The Morgan fingerprint density at radius 1 is 1.21 bits per heavy atom. The minimum Gasteiger partial charge on any atom is -0.460 e. The Morgan fingerprint density at radius 2 is 2.04 bits per heavy atom. The number of thiazole rings is 2. The van der Waals surface area contributed by atoms with Crippen LogP contribution in [0, 0.1) is 0 Å². The molecule has 0 amide bonds. The number of nitrogens with zero attached hydrogens (tertiary/aromatic N) is 4. The number of carbonyl (C=O) groups excluding carboxylic acids is 1. The Balaban J connectivity index is 1.46. The molecule has 0 saturated carbocycles. The summed E-state index contributed by atoms with van der Waals surface area (Å²) in [4.78, 5) is 21.8. The third kappa shape index (κ3) is 4.42. The smallest absolute Gasteiger partial charge is 0.315 e. The number of aromatic nitrogens is 4. The van der Waals surface area contributed by atoms with E-state index in [1.165, 1.54) is 0 Å². The summed E-state index contributed by atoms with van der Waals surface area (Å²) in [5, 5.41) is 8.84. The van der Waals surface area contributed by atoms with Crippen molar-refractivity contribution in [3.05, 3.63) is 46.7 Å². The van der Waals surface area contributed by atoms with Crippen molar-refractivity contribution in [3.63, 3.8) is 0 Å². The molecule has 3 heterocycles. The maximum atomic E-state index is 11.9. The van der Waals surface area contributed by atoms with Gasteiger partial charge in [-0.25, -0.2) is 4.98 Å². The zero-order valence-corrected chi connectivity index (χ0v) is 17.3. The standard InChI is InChI=1S/C19H18N4O3S2/c1-19(2,3)26-18(24)8-16-23-22-15(25-16)7-17-21-12-5-4-11(6-13(12)28-17)14-9-20-10-27-14/h4-6,9-10H,7-8H2,1-3H3. The van der Waals surface area contributed by atoms with E-state index < -0.39 is 11.6 Å². The monoisotopic (exact) mass is 414 g/mol. The Labute approximate surface area is 169 Å². The second-order valence-electron chi connectivity index (χ2n) is 7.19. The number of ether oxygens (including phenoxy) is 1. The minimum atomic E-state index is -0.543. The van der Waals surface area contributed by atoms with E-state index in [1.54, 1.807) is 22.7 Å². The summed E-state index contributed by atoms with van der Waals surface area (Å²) in [6, 6.07) is 6.17. The summed E-state index contributed by atoms with van der Waals surface area (Å²) in [5.41, 5.74) is 3.34. The first-order valence-electron chi connectivity index (χ1n) is 8.67. The molecule has 0 unspecified atom stereocenters. The van der Waals surface area contributed by atoms with Crippen molar-refractivity contribution in [2.24, 2.45) is 0 Å². The molecule has 0 N–H and O–H groups in total. The van der Waals surface area contributed by atoms with Gasteiger partial charge in [0.1, 0.15) is 17.0 Å². The molecule has 9 heteroatoms. The van der Waals surface area contributed by atoms with Gasteiger partial charge in [0.25, 0.3) is 0 Å². The number of carbonyl (C=O) groups is 1. The summed E-state index contributed by atoms with van der Waals surface area (Å²) in [5.74, 6) is 0.288. The van der Waals surface area contributed by atoms with Gasteiger partial charge in [0, 0.05) is 6.20 Å². The molecule has 0 aliphatic rings. The number of benzene rings is 1. The Bertz CT molecular complexity index is 1110. The van der Waals surface area contributed by atoms with Gasteiger partial charge in [-0.05, 0) is 38.5 Å². The van der Waals surface area contributed by atoms with Crippen LogP contribution >= 0.6 is 22.7 Å². The number of hydrogen-bond acceptors (Lipinski definition) is 9. The first kappa shape index (κ1) is 18.7. The predicted molar refractivity (Wildman–Crippen MR) is 107 cm³/mol. The third-order valence-corrected chi connectivity index (χ3v) is 5.52. The Hall–Kier alpha value is -2.65. The molecular weight excluding hydrogens is 396 g/mol. The van der Waals surface area contributed by atoms with Gasteiger partial charge in [-0.15, -0.1) is 32.9 Å². The van der Waals surface area contributed by atoms with E-state index in [1.807, 2.05) is 44.6 Å². The molecule has 144 valence electrons. The summed E-state index contributed by atoms with van der Waals surface area (Å²) in [7, 11) is 0. The quantitative estimate of drug-likeness (QED) is 0.450. The molecular formula is C19H18N4O3S2. The third-order valence-electron chi connectivity index (χ3n) is 3.68. The average molecular weight is 415 g/mol. The van der Waals surface area contributed by atoms with Crippen LogP contribution in [-0.2, 0) is 22.4 Å². The highest BCUT2D eigenvalue weighted by Gasteiger charge is 2.19. The predicted octanol–water partition coefficient (Wildman–Crippen LogP) is 4.28. The van der Waals surface area contributed by atoms with Crippen molar-refractivity contribution in [1.29, 1.82) is 0 Å². The van der Waals surface area contributed by atoms with Gasteiger partial charge < -0.3 is 9.15 Å². The molecule has 3 aromatic heterocycles. The lowest BCUT2D eigenvalue weighted by Gasteiger charge is -2.18. The molecule has 0 spiro atoms. The maximum absolute atomic E-state index is 11.9. The van der Waals surface area contributed by atoms with E-state index in [4.69, 9.17) is 9.15 Å². The van der Waals surface area contributed by atoms with E-state index in [-0.39, 0.29) is 12.3 Å². The largest absolute Gasteiger partial charge is 0.460 e. The van der Waals surface area contributed by atoms with Crippen molar-refractivity contribution < 1.29 is 13.9 Å².